The number of rotatable bonds is 7. The Morgan fingerprint density at radius 1 is 0.643 bits per heavy atom. The number of halogens is 6. The van der Waals surface area contributed by atoms with Crippen molar-refractivity contribution in [2.75, 3.05) is 24.9 Å². The highest BCUT2D eigenvalue weighted by molar-refractivity contribution is 5.96. The van der Waals surface area contributed by atoms with Crippen molar-refractivity contribution < 1.29 is 45.4 Å². The fourth-order valence-electron chi connectivity index (χ4n) is 3.98. The van der Waals surface area contributed by atoms with Gasteiger partial charge in [-0.15, -0.1) is 0 Å². The van der Waals surface area contributed by atoms with E-state index in [2.05, 4.69) is 15.4 Å². The van der Waals surface area contributed by atoms with E-state index < -0.39 is 63.3 Å². The maximum Gasteiger partial charge on any atom is 0.416 e. The molecular weight excluding hydrogens is 574 g/mol. The lowest BCUT2D eigenvalue weighted by molar-refractivity contribution is -0.143. The molecule has 218 valence electrons. The molecule has 42 heavy (non-hydrogen) atoms. The zero-order valence-corrected chi connectivity index (χ0v) is 21.5. The van der Waals surface area contributed by atoms with Gasteiger partial charge >= 0.3 is 24.3 Å². The van der Waals surface area contributed by atoms with Crippen LogP contribution in [0.3, 0.4) is 0 Å². The predicted octanol–water partition coefficient (Wildman–Crippen LogP) is 6.05. The highest BCUT2D eigenvalue weighted by Crippen LogP contribution is 2.39. The third-order valence-electron chi connectivity index (χ3n) is 6.08. The molecule has 8 nitrogen and oxygen atoms in total. The summed E-state index contributed by atoms with van der Waals surface area (Å²) >= 11 is 0. The minimum atomic E-state index is -5.14. The van der Waals surface area contributed by atoms with Crippen molar-refractivity contribution in [2.24, 2.45) is 0 Å². The van der Waals surface area contributed by atoms with Gasteiger partial charge in [0.25, 0.3) is 10.9 Å². The van der Waals surface area contributed by atoms with E-state index in [-0.39, 0.29) is 22.9 Å². The largest absolute Gasteiger partial charge is 0.465 e. The van der Waals surface area contributed by atoms with Crippen LogP contribution in [0.1, 0.15) is 31.8 Å². The van der Waals surface area contributed by atoms with Crippen molar-refractivity contribution in [1.82, 2.24) is 0 Å². The summed E-state index contributed by atoms with van der Waals surface area (Å²) in [6.07, 6.45) is -10.3. The Kier molecular flexibility index (Phi) is 7.83. The molecule has 0 aliphatic heterocycles. The van der Waals surface area contributed by atoms with E-state index in [0.717, 1.165) is 7.11 Å². The smallest absolute Gasteiger partial charge is 0.416 e. The van der Waals surface area contributed by atoms with Gasteiger partial charge in [0.15, 0.2) is 0 Å². The monoisotopic (exact) mass is 592 g/mol. The summed E-state index contributed by atoms with van der Waals surface area (Å²) in [5.74, 6) is -1.37. The van der Waals surface area contributed by atoms with E-state index in [1.165, 1.54) is 49.6 Å². The first-order valence-corrected chi connectivity index (χ1v) is 11.7. The number of hydrogen-bond acceptors (Lipinski definition) is 8. The van der Waals surface area contributed by atoms with E-state index in [4.69, 9.17) is 4.74 Å². The zero-order valence-electron chi connectivity index (χ0n) is 21.5. The first kappa shape index (κ1) is 29.8. The number of carbonyl (C=O) groups is 2. The standard InChI is InChI=1S/C28H18F6N2O6/c1-41-25(39)14-5-3-13(4-6-14)19-8-7-15(26(40)42-2)9-20(19)36-22-21(23(37)24(22)38)35-18-11-16(27(29,30)31)10-17(12-18)28(32,33)34/h3-12,35-36H,1-2H3. The van der Waals surface area contributed by atoms with Crippen molar-refractivity contribution in [3.63, 3.8) is 0 Å². The topological polar surface area (TPSA) is 111 Å². The lowest BCUT2D eigenvalue weighted by Crippen LogP contribution is -2.36. The second-order valence-electron chi connectivity index (χ2n) is 8.77. The van der Waals surface area contributed by atoms with Crippen molar-refractivity contribution in [1.29, 1.82) is 0 Å². The van der Waals surface area contributed by atoms with E-state index in [1.54, 1.807) is 0 Å². The fraction of sp³-hybridized carbons (Fsp3) is 0.143. The van der Waals surface area contributed by atoms with Crippen LogP contribution in [0.25, 0.3) is 11.1 Å². The first-order valence-electron chi connectivity index (χ1n) is 11.7. The number of methoxy groups -OCH3 is 2. The molecular formula is C28H18F6N2O6. The molecule has 0 aromatic heterocycles. The number of nitrogens with one attached hydrogen (secondary N) is 2. The number of esters is 2. The molecule has 0 bridgehead atoms. The molecule has 4 aromatic carbocycles. The van der Waals surface area contributed by atoms with Crippen LogP contribution in [-0.2, 0) is 21.8 Å². The molecule has 0 aliphatic rings. The highest BCUT2D eigenvalue weighted by Gasteiger charge is 2.37. The highest BCUT2D eigenvalue weighted by atomic mass is 19.4. The number of ether oxygens (including phenoxy) is 2. The Labute approximate surface area is 232 Å². The van der Waals surface area contributed by atoms with Gasteiger partial charge in [0.05, 0.1) is 36.5 Å². The zero-order chi connectivity index (χ0) is 31.0. The van der Waals surface area contributed by atoms with Crippen LogP contribution in [0.2, 0.25) is 0 Å². The third kappa shape index (κ3) is 5.96. The van der Waals surface area contributed by atoms with Crippen LogP contribution in [0.4, 0.5) is 49.1 Å². The summed E-state index contributed by atoms with van der Waals surface area (Å²) in [5, 5.41) is 4.85. The number of carbonyl (C=O) groups excluding carboxylic acids is 2. The van der Waals surface area contributed by atoms with Crippen LogP contribution in [0.5, 0.6) is 0 Å². The molecule has 0 radical (unpaired) electrons. The Balaban J connectivity index is 1.78. The Morgan fingerprint density at radius 3 is 1.62 bits per heavy atom. The average Bonchev–Trinajstić information content (AvgIpc) is 2.96. The second kappa shape index (κ2) is 11.0. The minimum Gasteiger partial charge on any atom is -0.465 e. The summed E-state index contributed by atoms with van der Waals surface area (Å²) in [7, 11) is 2.32. The SMILES string of the molecule is COC(=O)c1ccc(-c2ccc(C(=O)OC)cc2Nc2c(Nc3cc(C(F)(F)F)cc(C(F)(F)F)c3)c(=O)c2=O)cc1. The van der Waals surface area contributed by atoms with Gasteiger partial charge in [-0.2, -0.15) is 26.3 Å². The molecule has 0 spiro atoms. The van der Waals surface area contributed by atoms with Crippen LogP contribution in [-0.4, -0.2) is 26.2 Å². The molecule has 0 saturated heterocycles. The fourth-order valence-corrected chi connectivity index (χ4v) is 3.98. The molecule has 0 amide bonds. The van der Waals surface area contributed by atoms with E-state index in [9.17, 15) is 45.5 Å². The molecule has 0 unspecified atom stereocenters. The van der Waals surface area contributed by atoms with Crippen LogP contribution < -0.4 is 21.5 Å². The quantitative estimate of drug-likeness (QED) is 0.152. The number of hydrogen-bond donors (Lipinski definition) is 2. The van der Waals surface area contributed by atoms with Crippen molar-refractivity contribution in [2.45, 2.75) is 12.4 Å². The summed E-state index contributed by atoms with van der Waals surface area (Å²) in [5.41, 5.74) is -6.29. The van der Waals surface area contributed by atoms with Gasteiger partial charge in [-0.3, -0.25) is 9.59 Å². The summed E-state index contributed by atoms with van der Waals surface area (Å²) < 4.78 is 89.1. The summed E-state index contributed by atoms with van der Waals surface area (Å²) in [6, 6.07) is 10.7. The van der Waals surface area contributed by atoms with Gasteiger partial charge in [0.1, 0.15) is 11.4 Å². The summed E-state index contributed by atoms with van der Waals surface area (Å²) in [4.78, 5) is 48.8. The van der Waals surface area contributed by atoms with Gasteiger partial charge in [-0.1, -0.05) is 18.2 Å². The molecule has 4 rings (SSSR count). The molecule has 0 heterocycles. The van der Waals surface area contributed by atoms with E-state index in [1.807, 2.05) is 0 Å². The van der Waals surface area contributed by atoms with Crippen LogP contribution in [0, 0.1) is 0 Å². The average molecular weight is 592 g/mol. The Hall–Kier alpha value is -5.14. The minimum absolute atomic E-state index is 0.0100. The van der Waals surface area contributed by atoms with Gasteiger partial charge in [0, 0.05) is 16.9 Å². The number of benzene rings is 3. The van der Waals surface area contributed by atoms with Crippen LogP contribution >= 0.6 is 0 Å². The molecule has 0 fully saturated rings. The second-order valence-corrected chi connectivity index (χ2v) is 8.77. The number of alkyl halides is 6. The van der Waals surface area contributed by atoms with Gasteiger partial charge in [-0.05, 0) is 48.0 Å². The Morgan fingerprint density at radius 2 is 1.12 bits per heavy atom. The molecule has 2 N–H and O–H groups in total. The molecule has 4 aromatic rings. The van der Waals surface area contributed by atoms with Gasteiger partial charge in [0.2, 0.25) is 0 Å². The maximum atomic E-state index is 13.3. The molecule has 0 saturated carbocycles. The normalized spacial score (nSPS) is 11.7. The Bertz CT molecular complexity index is 1720. The van der Waals surface area contributed by atoms with E-state index >= 15 is 0 Å². The van der Waals surface area contributed by atoms with Crippen LogP contribution in [0.15, 0.2) is 70.3 Å². The number of anilines is 4. The summed E-state index contributed by atoms with van der Waals surface area (Å²) in [6.45, 7) is 0. The third-order valence-corrected chi connectivity index (χ3v) is 6.08. The van der Waals surface area contributed by atoms with Crippen molar-refractivity contribution >= 4 is 34.7 Å². The lowest BCUT2D eigenvalue weighted by atomic mass is 9.99. The molecule has 0 atom stereocenters. The van der Waals surface area contributed by atoms with Crippen molar-refractivity contribution in [3.05, 3.63) is 103 Å². The molecule has 14 heteroatoms. The molecule has 0 aliphatic carbocycles. The first-order chi connectivity index (χ1) is 19.6. The predicted molar refractivity (Wildman–Crippen MR) is 139 cm³/mol. The van der Waals surface area contributed by atoms with E-state index in [0.29, 0.717) is 23.3 Å². The van der Waals surface area contributed by atoms with Gasteiger partial charge in [-0.25, -0.2) is 9.59 Å². The van der Waals surface area contributed by atoms with Gasteiger partial charge < -0.3 is 20.1 Å². The van der Waals surface area contributed by atoms with Crippen molar-refractivity contribution in [3.8, 4) is 11.1 Å². The lowest BCUT2D eigenvalue weighted by Gasteiger charge is -2.19. The maximum absolute atomic E-state index is 13.3.